The summed E-state index contributed by atoms with van der Waals surface area (Å²) in [6.07, 6.45) is 1.20. The predicted molar refractivity (Wildman–Crippen MR) is 83.9 cm³/mol. The third-order valence-corrected chi connectivity index (χ3v) is 2.71. The monoisotopic (exact) mass is 320 g/mol. The van der Waals surface area contributed by atoms with Gasteiger partial charge in [0.2, 0.25) is 5.88 Å². The molecule has 23 heavy (non-hydrogen) atoms. The first-order valence-corrected chi connectivity index (χ1v) is 6.83. The number of carbonyl (C=O) groups excluding carboxylic acids is 1. The highest BCUT2D eigenvalue weighted by molar-refractivity contribution is 5.88. The Kier molecular flexibility index (Phi) is 5.64. The van der Waals surface area contributed by atoms with Crippen LogP contribution in [0.5, 0.6) is 11.6 Å². The minimum atomic E-state index is -0.608. The highest BCUT2D eigenvalue weighted by atomic mass is 19.1. The zero-order chi connectivity index (χ0) is 16.7. The molecule has 0 radical (unpaired) electrons. The number of ether oxygens (including phenoxy) is 1. The van der Waals surface area contributed by atoms with Gasteiger partial charge in [0.15, 0.2) is 11.6 Å². The predicted octanol–water partition coefficient (Wildman–Crippen LogP) is 1.33. The molecule has 1 aromatic heterocycles. The number of rotatable bonds is 6. The molecule has 0 aliphatic carbocycles. The van der Waals surface area contributed by atoms with E-state index in [-0.39, 0.29) is 23.1 Å². The Hall–Kier alpha value is -2.94. The largest absolute Gasteiger partial charge is 0.436 e. The van der Waals surface area contributed by atoms with E-state index < -0.39 is 11.8 Å². The Labute approximate surface area is 132 Å². The van der Waals surface area contributed by atoms with Crippen LogP contribution in [0.1, 0.15) is 0 Å². The van der Waals surface area contributed by atoms with Crippen LogP contribution < -0.4 is 26.4 Å². The molecule has 8 nitrogen and oxygen atoms in total. The van der Waals surface area contributed by atoms with Crippen molar-refractivity contribution in [3.63, 3.8) is 0 Å². The standard InChI is InChI=1S/C14H17FN6O2/c1-17-4-5-18-14(22)21-12-7-13(20-8-19-12)23-11-3-2-9(16)6-10(11)15/h2-3,6-8,17H,4-5,16H2,1H3,(H2,18,19,20,21,22). The second-order valence-corrected chi connectivity index (χ2v) is 4.52. The molecule has 0 spiro atoms. The Morgan fingerprint density at radius 1 is 1.30 bits per heavy atom. The molecule has 1 aromatic carbocycles. The van der Waals surface area contributed by atoms with Gasteiger partial charge in [-0.05, 0) is 19.2 Å². The molecule has 0 saturated carbocycles. The quantitative estimate of drug-likeness (QED) is 0.471. The first-order chi connectivity index (χ1) is 11.1. The lowest BCUT2D eigenvalue weighted by Gasteiger charge is -2.09. The van der Waals surface area contributed by atoms with Crippen LogP contribution in [0.15, 0.2) is 30.6 Å². The fourth-order valence-corrected chi connectivity index (χ4v) is 1.64. The first kappa shape index (κ1) is 16.4. The Morgan fingerprint density at radius 3 is 2.87 bits per heavy atom. The lowest BCUT2D eigenvalue weighted by molar-refractivity contribution is 0.252. The topological polar surface area (TPSA) is 114 Å². The van der Waals surface area contributed by atoms with E-state index >= 15 is 0 Å². The summed E-state index contributed by atoms with van der Waals surface area (Å²) in [6.45, 7) is 1.11. The zero-order valence-corrected chi connectivity index (χ0v) is 12.5. The van der Waals surface area contributed by atoms with Crippen LogP contribution in [0.4, 0.5) is 20.7 Å². The van der Waals surface area contributed by atoms with E-state index in [4.69, 9.17) is 10.5 Å². The van der Waals surface area contributed by atoms with E-state index in [0.717, 1.165) is 6.07 Å². The van der Waals surface area contributed by atoms with Crippen LogP contribution in [-0.4, -0.2) is 36.1 Å². The van der Waals surface area contributed by atoms with E-state index in [0.29, 0.717) is 13.1 Å². The minimum absolute atomic E-state index is 0.0256. The van der Waals surface area contributed by atoms with Gasteiger partial charge in [0.05, 0.1) is 0 Å². The molecule has 0 bridgehead atoms. The van der Waals surface area contributed by atoms with Crippen molar-refractivity contribution < 1.29 is 13.9 Å². The molecule has 0 unspecified atom stereocenters. The summed E-state index contributed by atoms with van der Waals surface area (Å²) < 4.78 is 19.0. The average molecular weight is 320 g/mol. The van der Waals surface area contributed by atoms with Crippen LogP contribution in [0.3, 0.4) is 0 Å². The second-order valence-electron chi connectivity index (χ2n) is 4.52. The van der Waals surface area contributed by atoms with Crippen molar-refractivity contribution in [3.8, 4) is 11.6 Å². The number of amides is 2. The number of nitrogens with one attached hydrogen (secondary N) is 3. The molecule has 2 amide bonds. The van der Waals surface area contributed by atoms with Crippen molar-refractivity contribution in [1.82, 2.24) is 20.6 Å². The maximum absolute atomic E-state index is 13.7. The van der Waals surface area contributed by atoms with Gasteiger partial charge in [0.1, 0.15) is 12.1 Å². The van der Waals surface area contributed by atoms with E-state index in [9.17, 15) is 9.18 Å². The van der Waals surface area contributed by atoms with Crippen molar-refractivity contribution in [2.75, 3.05) is 31.2 Å². The summed E-state index contributed by atoms with van der Waals surface area (Å²) in [4.78, 5) is 19.4. The van der Waals surface area contributed by atoms with Gasteiger partial charge in [-0.3, -0.25) is 5.32 Å². The molecule has 0 aliphatic heterocycles. The SMILES string of the molecule is CNCCNC(=O)Nc1cc(Oc2ccc(N)cc2F)ncn1. The molecular weight excluding hydrogens is 303 g/mol. The van der Waals surface area contributed by atoms with Crippen molar-refractivity contribution >= 4 is 17.5 Å². The lowest BCUT2D eigenvalue weighted by Crippen LogP contribution is -2.34. The van der Waals surface area contributed by atoms with Gasteiger partial charge in [-0.2, -0.15) is 0 Å². The third kappa shape index (κ3) is 5.08. The minimum Gasteiger partial charge on any atom is -0.436 e. The van der Waals surface area contributed by atoms with E-state index in [2.05, 4.69) is 25.9 Å². The van der Waals surface area contributed by atoms with Crippen LogP contribution in [0.2, 0.25) is 0 Å². The van der Waals surface area contributed by atoms with Gasteiger partial charge in [0, 0.05) is 30.9 Å². The van der Waals surface area contributed by atoms with E-state index in [1.165, 1.54) is 24.5 Å². The van der Waals surface area contributed by atoms with E-state index in [1.54, 1.807) is 7.05 Å². The molecule has 0 atom stereocenters. The third-order valence-electron chi connectivity index (χ3n) is 2.71. The van der Waals surface area contributed by atoms with Crippen LogP contribution >= 0.6 is 0 Å². The number of benzene rings is 1. The number of hydrogen-bond acceptors (Lipinski definition) is 6. The van der Waals surface area contributed by atoms with Gasteiger partial charge >= 0.3 is 6.03 Å². The molecule has 9 heteroatoms. The normalized spacial score (nSPS) is 10.2. The van der Waals surface area contributed by atoms with Gasteiger partial charge in [-0.25, -0.2) is 19.2 Å². The number of nitrogens with zero attached hydrogens (tertiary/aromatic N) is 2. The molecule has 5 N–H and O–H groups in total. The van der Waals surface area contributed by atoms with Crippen molar-refractivity contribution in [2.24, 2.45) is 0 Å². The summed E-state index contributed by atoms with van der Waals surface area (Å²) >= 11 is 0. The number of anilines is 2. The number of urea groups is 1. The Balaban J connectivity index is 2.00. The van der Waals surface area contributed by atoms with Gasteiger partial charge in [0.25, 0.3) is 0 Å². The van der Waals surface area contributed by atoms with Crippen LogP contribution in [0.25, 0.3) is 0 Å². The van der Waals surface area contributed by atoms with Gasteiger partial charge in [-0.15, -0.1) is 0 Å². The maximum Gasteiger partial charge on any atom is 0.320 e. The molecular formula is C14H17FN6O2. The number of aromatic nitrogens is 2. The first-order valence-electron chi connectivity index (χ1n) is 6.83. The van der Waals surface area contributed by atoms with Crippen molar-refractivity contribution in [2.45, 2.75) is 0 Å². The average Bonchev–Trinajstić information content (AvgIpc) is 2.51. The van der Waals surface area contributed by atoms with E-state index in [1.807, 2.05) is 0 Å². The summed E-state index contributed by atoms with van der Waals surface area (Å²) in [5.74, 6) is -0.313. The summed E-state index contributed by atoms with van der Waals surface area (Å²) in [5, 5.41) is 8.06. The van der Waals surface area contributed by atoms with Crippen molar-refractivity contribution in [3.05, 3.63) is 36.4 Å². The van der Waals surface area contributed by atoms with Gasteiger partial charge < -0.3 is 21.1 Å². The second kappa shape index (κ2) is 7.90. The fraction of sp³-hybridized carbons (Fsp3) is 0.214. The number of likely N-dealkylation sites (N-methyl/N-ethyl adjacent to an activating group) is 1. The van der Waals surface area contributed by atoms with Crippen LogP contribution in [-0.2, 0) is 0 Å². The highest BCUT2D eigenvalue weighted by Gasteiger charge is 2.08. The molecule has 0 aliphatic rings. The van der Waals surface area contributed by atoms with Crippen LogP contribution in [0, 0.1) is 5.82 Å². The number of nitrogens with two attached hydrogens (primary N) is 1. The highest BCUT2D eigenvalue weighted by Crippen LogP contribution is 2.25. The fourth-order valence-electron chi connectivity index (χ4n) is 1.64. The number of carbonyl (C=O) groups is 1. The van der Waals surface area contributed by atoms with Gasteiger partial charge in [-0.1, -0.05) is 0 Å². The summed E-state index contributed by atoms with van der Waals surface area (Å²) in [6, 6.07) is 5.01. The molecule has 2 aromatic rings. The molecule has 1 heterocycles. The maximum atomic E-state index is 13.7. The Bertz CT molecular complexity index is 682. The summed E-state index contributed by atoms with van der Waals surface area (Å²) in [7, 11) is 1.78. The zero-order valence-electron chi connectivity index (χ0n) is 12.5. The molecule has 122 valence electrons. The lowest BCUT2D eigenvalue weighted by atomic mass is 10.3. The summed E-state index contributed by atoms with van der Waals surface area (Å²) in [5.41, 5.74) is 5.76. The molecule has 0 fully saturated rings. The number of nitrogen functional groups attached to an aromatic ring is 1. The smallest absolute Gasteiger partial charge is 0.320 e. The number of hydrogen-bond donors (Lipinski definition) is 4. The molecule has 0 saturated heterocycles. The Morgan fingerprint density at radius 2 is 2.13 bits per heavy atom. The van der Waals surface area contributed by atoms with Crippen molar-refractivity contribution in [1.29, 1.82) is 0 Å². The number of halogens is 1. The molecule has 2 rings (SSSR count).